The Balaban J connectivity index is 1.90. The van der Waals surface area contributed by atoms with Crippen molar-refractivity contribution < 1.29 is 9.53 Å². The van der Waals surface area contributed by atoms with Gasteiger partial charge in [0, 0.05) is 5.02 Å². The van der Waals surface area contributed by atoms with Crippen molar-refractivity contribution in [1.29, 1.82) is 5.26 Å². The van der Waals surface area contributed by atoms with Crippen LogP contribution in [0.2, 0.25) is 10.0 Å². The Morgan fingerprint density at radius 1 is 1.55 bits per heavy atom. The number of nitrogens with one attached hydrogen (secondary N) is 1. The molecule has 1 saturated carbocycles. The molecule has 0 bridgehead atoms. The molecule has 6 heteroatoms. The molecule has 2 rings (SSSR count). The van der Waals surface area contributed by atoms with Crippen molar-refractivity contribution in [2.24, 2.45) is 5.92 Å². The third-order valence-electron chi connectivity index (χ3n) is 3.28. The Morgan fingerprint density at radius 2 is 2.25 bits per heavy atom. The van der Waals surface area contributed by atoms with Crippen LogP contribution in [0.25, 0.3) is 0 Å². The normalized spacial score (nSPS) is 16.9. The third-order valence-corrected chi connectivity index (χ3v) is 3.81. The van der Waals surface area contributed by atoms with Crippen molar-refractivity contribution >= 4 is 29.1 Å². The van der Waals surface area contributed by atoms with Gasteiger partial charge in [0.05, 0.1) is 11.1 Å². The first-order valence-corrected chi connectivity index (χ1v) is 7.00. The molecule has 4 nitrogen and oxygen atoms in total. The number of nitriles is 1. The van der Waals surface area contributed by atoms with Gasteiger partial charge < -0.3 is 10.1 Å². The van der Waals surface area contributed by atoms with Gasteiger partial charge in [-0.3, -0.25) is 4.79 Å². The standard InChI is InChI=1S/C14H14Cl2N2O2/c1-14(8-17,9-2-3-9)18-13(19)7-20-12-5-4-10(15)6-11(12)16/h4-6,9H,2-3,7H2,1H3,(H,18,19)/t14-/m1/s1. The highest BCUT2D eigenvalue weighted by atomic mass is 35.5. The number of nitrogens with zero attached hydrogens (tertiary/aromatic N) is 1. The molecule has 106 valence electrons. The molecule has 0 aromatic heterocycles. The van der Waals surface area contributed by atoms with Crippen LogP contribution in [-0.2, 0) is 4.79 Å². The van der Waals surface area contributed by atoms with Crippen molar-refractivity contribution in [2.45, 2.75) is 25.3 Å². The minimum Gasteiger partial charge on any atom is -0.482 e. The van der Waals surface area contributed by atoms with Crippen LogP contribution >= 0.6 is 23.2 Å². The summed E-state index contributed by atoms with van der Waals surface area (Å²) in [5, 5.41) is 12.7. The number of benzene rings is 1. The van der Waals surface area contributed by atoms with Gasteiger partial charge >= 0.3 is 0 Å². The summed E-state index contributed by atoms with van der Waals surface area (Å²) in [4.78, 5) is 11.8. The van der Waals surface area contributed by atoms with Crippen molar-refractivity contribution in [3.05, 3.63) is 28.2 Å². The highest BCUT2D eigenvalue weighted by Crippen LogP contribution is 2.39. The van der Waals surface area contributed by atoms with E-state index in [4.69, 9.17) is 33.2 Å². The van der Waals surface area contributed by atoms with E-state index in [1.807, 2.05) is 0 Å². The van der Waals surface area contributed by atoms with E-state index in [0.717, 1.165) is 12.8 Å². The fourth-order valence-electron chi connectivity index (χ4n) is 1.94. The smallest absolute Gasteiger partial charge is 0.259 e. The van der Waals surface area contributed by atoms with Crippen LogP contribution in [-0.4, -0.2) is 18.1 Å². The number of ether oxygens (including phenoxy) is 1. The van der Waals surface area contributed by atoms with Crippen molar-refractivity contribution in [3.63, 3.8) is 0 Å². The van der Waals surface area contributed by atoms with Crippen LogP contribution < -0.4 is 10.1 Å². The summed E-state index contributed by atoms with van der Waals surface area (Å²) in [7, 11) is 0. The molecule has 0 unspecified atom stereocenters. The molecule has 1 aromatic carbocycles. The largest absolute Gasteiger partial charge is 0.482 e. The highest BCUT2D eigenvalue weighted by molar-refractivity contribution is 6.35. The van der Waals surface area contributed by atoms with Crippen molar-refractivity contribution in [3.8, 4) is 11.8 Å². The molecule has 20 heavy (non-hydrogen) atoms. The van der Waals surface area contributed by atoms with E-state index in [2.05, 4.69) is 11.4 Å². The van der Waals surface area contributed by atoms with Gasteiger partial charge in [0.15, 0.2) is 6.61 Å². The Labute approximate surface area is 127 Å². The van der Waals surface area contributed by atoms with E-state index >= 15 is 0 Å². The Hall–Kier alpha value is -1.44. The maximum atomic E-state index is 11.8. The molecule has 0 aliphatic heterocycles. The Bertz CT molecular complexity index is 567. The predicted molar refractivity (Wildman–Crippen MR) is 76.8 cm³/mol. The van der Waals surface area contributed by atoms with Gasteiger partial charge in [0.2, 0.25) is 0 Å². The van der Waals surface area contributed by atoms with Crippen LogP contribution in [0.3, 0.4) is 0 Å². The molecule has 1 aliphatic carbocycles. The van der Waals surface area contributed by atoms with Crippen LogP contribution in [0.4, 0.5) is 0 Å². The topological polar surface area (TPSA) is 62.1 Å². The first-order valence-electron chi connectivity index (χ1n) is 6.25. The monoisotopic (exact) mass is 312 g/mol. The molecule has 1 aliphatic rings. The number of amides is 1. The fraction of sp³-hybridized carbons (Fsp3) is 0.429. The molecule has 1 fully saturated rings. The second-order valence-electron chi connectivity index (χ2n) is 5.00. The summed E-state index contributed by atoms with van der Waals surface area (Å²) >= 11 is 11.7. The van der Waals surface area contributed by atoms with Crippen molar-refractivity contribution in [2.75, 3.05) is 6.61 Å². The zero-order chi connectivity index (χ0) is 14.8. The number of hydrogen-bond acceptors (Lipinski definition) is 3. The van der Waals surface area contributed by atoms with Crippen molar-refractivity contribution in [1.82, 2.24) is 5.32 Å². The minimum atomic E-state index is -0.815. The van der Waals surface area contributed by atoms with E-state index in [0.29, 0.717) is 15.8 Å². The quantitative estimate of drug-likeness (QED) is 0.908. The Morgan fingerprint density at radius 3 is 2.80 bits per heavy atom. The first-order chi connectivity index (χ1) is 9.44. The van der Waals surface area contributed by atoms with Crippen LogP contribution in [0, 0.1) is 17.2 Å². The van der Waals surface area contributed by atoms with Gasteiger partial charge in [-0.25, -0.2) is 0 Å². The maximum absolute atomic E-state index is 11.8. The van der Waals surface area contributed by atoms with E-state index < -0.39 is 5.54 Å². The van der Waals surface area contributed by atoms with E-state index in [-0.39, 0.29) is 18.4 Å². The molecule has 0 radical (unpaired) electrons. The van der Waals surface area contributed by atoms with E-state index in [9.17, 15) is 4.79 Å². The molecule has 1 N–H and O–H groups in total. The average molecular weight is 313 g/mol. The van der Waals surface area contributed by atoms with E-state index in [1.54, 1.807) is 25.1 Å². The number of hydrogen-bond donors (Lipinski definition) is 1. The van der Waals surface area contributed by atoms with Gasteiger partial charge in [-0.15, -0.1) is 0 Å². The number of rotatable bonds is 5. The molecule has 0 spiro atoms. The lowest BCUT2D eigenvalue weighted by atomic mass is 9.98. The maximum Gasteiger partial charge on any atom is 0.259 e. The fourth-order valence-corrected chi connectivity index (χ4v) is 2.41. The zero-order valence-corrected chi connectivity index (χ0v) is 12.5. The second-order valence-corrected chi connectivity index (χ2v) is 5.84. The summed E-state index contributed by atoms with van der Waals surface area (Å²) in [6, 6.07) is 6.93. The zero-order valence-electron chi connectivity index (χ0n) is 11.0. The lowest BCUT2D eigenvalue weighted by molar-refractivity contribution is -0.124. The SMILES string of the molecule is C[C@](C#N)(NC(=O)COc1ccc(Cl)cc1Cl)C1CC1. The molecule has 0 heterocycles. The average Bonchev–Trinajstić information content (AvgIpc) is 3.22. The lowest BCUT2D eigenvalue weighted by Crippen LogP contribution is -2.48. The first kappa shape index (κ1) is 15.0. The molecule has 1 amide bonds. The predicted octanol–water partition coefficient (Wildman–Crippen LogP) is 3.18. The van der Waals surface area contributed by atoms with Gasteiger partial charge in [0.1, 0.15) is 11.3 Å². The number of halogens is 2. The second kappa shape index (κ2) is 5.90. The summed E-state index contributed by atoms with van der Waals surface area (Å²) in [5.41, 5.74) is -0.815. The molecular weight excluding hydrogens is 299 g/mol. The molecule has 1 aromatic rings. The summed E-state index contributed by atoms with van der Waals surface area (Å²) in [5.74, 6) is 0.277. The van der Waals surface area contributed by atoms with Gasteiger partial charge in [0.25, 0.3) is 5.91 Å². The summed E-state index contributed by atoms with van der Waals surface area (Å²) in [6.07, 6.45) is 1.93. The third kappa shape index (κ3) is 3.56. The molecule has 0 saturated heterocycles. The number of carbonyl (C=O) groups is 1. The van der Waals surface area contributed by atoms with Gasteiger partial charge in [-0.1, -0.05) is 23.2 Å². The van der Waals surface area contributed by atoms with Gasteiger partial charge in [-0.05, 0) is 43.9 Å². The number of carbonyl (C=O) groups excluding carboxylic acids is 1. The highest BCUT2D eigenvalue weighted by Gasteiger charge is 2.43. The minimum absolute atomic E-state index is 0.189. The van der Waals surface area contributed by atoms with Crippen LogP contribution in [0.5, 0.6) is 5.75 Å². The summed E-state index contributed by atoms with van der Waals surface area (Å²) < 4.78 is 5.33. The Kier molecular flexibility index (Phi) is 4.42. The van der Waals surface area contributed by atoms with Crippen LogP contribution in [0.1, 0.15) is 19.8 Å². The van der Waals surface area contributed by atoms with Crippen LogP contribution in [0.15, 0.2) is 18.2 Å². The molecule has 1 atom stereocenters. The lowest BCUT2D eigenvalue weighted by Gasteiger charge is -2.22. The summed E-state index contributed by atoms with van der Waals surface area (Å²) in [6.45, 7) is 1.54. The van der Waals surface area contributed by atoms with Gasteiger partial charge in [-0.2, -0.15) is 5.26 Å². The van der Waals surface area contributed by atoms with E-state index in [1.165, 1.54) is 0 Å². The molecular formula is C14H14Cl2N2O2.